The Morgan fingerprint density at radius 3 is 2.61 bits per heavy atom. The third-order valence-electron chi connectivity index (χ3n) is 2.82. The van der Waals surface area contributed by atoms with Crippen molar-refractivity contribution >= 4 is 47.0 Å². The van der Waals surface area contributed by atoms with Gasteiger partial charge in [-0.15, -0.1) is 35.3 Å². The molecule has 2 rings (SSSR count). The lowest BCUT2D eigenvalue weighted by molar-refractivity contribution is 0.242. The molecule has 0 aliphatic rings. The van der Waals surface area contributed by atoms with Crippen LogP contribution in [-0.4, -0.2) is 23.6 Å². The van der Waals surface area contributed by atoms with Crippen LogP contribution in [0.5, 0.6) is 5.75 Å². The summed E-state index contributed by atoms with van der Waals surface area (Å²) in [6.45, 7) is 6.62. The van der Waals surface area contributed by atoms with E-state index in [0.29, 0.717) is 12.5 Å². The molecule has 0 aliphatic carbocycles. The normalized spacial score (nSPS) is 11.2. The highest BCUT2D eigenvalue weighted by molar-refractivity contribution is 14.0. The van der Waals surface area contributed by atoms with Crippen LogP contribution in [0.4, 0.5) is 5.69 Å². The number of nitrogens with zero attached hydrogens (tertiary/aromatic N) is 2. The smallest absolute Gasteiger partial charge is 0.193 e. The number of anilines is 1. The maximum atomic E-state index is 5.88. The van der Waals surface area contributed by atoms with Gasteiger partial charge < -0.3 is 15.8 Å². The molecule has 0 atom stereocenters. The highest BCUT2D eigenvalue weighted by Crippen LogP contribution is 2.16. The summed E-state index contributed by atoms with van der Waals surface area (Å²) in [7, 11) is 0. The van der Waals surface area contributed by atoms with Gasteiger partial charge in [0.1, 0.15) is 5.75 Å². The van der Waals surface area contributed by atoms with Gasteiger partial charge in [-0.25, -0.2) is 4.98 Å². The molecule has 0 radical (unpaired) electrons. The average molecular weight is 446 g/mol. The van der Waals surface area contributed by atoms with Crippen molar-refractivity contribution in [3.8, 4) is 5.75 Å². The third-order valence-corrected chi connectivity index (χ3v) is 3.64. The van der Waals surface area contributed by atoms with Crippen LogP contribution in [0.1, 0.15) is 24.5 Å². The van der Waals surface area contributed by atoms with Crippen LogP contribution in [0.2, 0.25) is 0 Å². The van der Waals surface area contributed by atoms with Crippen LogP contribution < -0.4 is 15.8 Å². The summed E-state index contributed by atoms with van der Waals surface area (Å²) in [6.07, 6.45) is 0.966. The minimum atomic E-state index is 0. The summed E-state index contributed by atoms with van der Waals surface area (Å²) in [5, 5.41) is 6.20. The molecule has 3 N–H and O–H groups in total. The van der Waals surface area contributed by atoms with Gasteiger partial charge in [-0.3, -0.25) is 4.99 Å². The van der Waals surface area contributed by atoms with Crippen molar-refractivity contribution in [3.63, 3.8) is 0 Å². The molecular formula is C16H23IN4OS. The zero-order valence-electron chi connectivity index (χ0n) is 13.6. The Morgan fingerprint density at radius 2 is 2.04 bits per heavy atom. The lowest BCUT2D eigenvalue weighted by atomic mass is 10.3. The number of ether oxygens (including phenoxy) is 1. The zero-order valence-corrected chi connectivity index (χ0v) is 16.7. The van der Waals surface area contributed by atoms with Gasteiger partial charge in [-0.05, 0) is 45.0 Å². The van der Waals surface area contributed by atoms with Crippen LogP contribution in [0.15, 0.2) is 34.6 Å². The van der Waals surface area contributed by atoms with Gasteiger partial charge >= 0.3 is 0 Å². The number of nitrogens with one attached hydrogen (secondary N) is 1. The van der Waals surface area contributed by atoms with Crippen molar-refractivity contribution in [2.45, 2.75) is 33.3 Å². The lowest BCUT2D eigenvalue weighted by Crippen LogP contribution is -2.23. The van der Waals surface area contributed by atoms with Crippen molar-refractivity contribution in [1.82, 2.24) is 4.98 Å². The Morgan fingerprint density at radius 1 is 1.35 bits per heavy atom. The molecule has 1 aromatic heterocycles. The molecule has 1 aromatic carbocycles. The van der Waals surface area contributed by atoms with Crippen molar-refractivity contribution in [2.75, 3.05) is 11.9 Å². The van der Waals surface area contributed by atoms with E-state index in [1.54, 1.807) is 11.3 Å². The molecule has 126 valence electrons. The summed E-state index contributed by atoms with van der Waals surface area (Å²) < 4.78 is 5.59. The molecule has 5 nitrogen and oxygen atoms in total. The Labute approximate surface area is 158 Å². The molecule has 0 amide bonds. The SMILES string of the molecule is Cc1nc(CCN=C(N)Nc2ccc(OC(C)C)cc2)cs1.I. The molecule has 0 aliphatic heterocycles. The fourth-order valence-corrected chi connectivity index (χ4v) is 2.54. The summed E-state index contributed by atoms with van der Waals surface area (Å²) >= 11 is 1.65. The van der Waals surface area contributed by atoms with E-state index < -0.39 is 0 Å². The number of aromatic nitrogens is 1. The molecule has 0 fully saturated rings. The number of aliphatic imine (C=N–C) groups is 1. The topological polar surface area (TPSA) is 72.5 Å². The first kappa shape index (κ1) is 19.7. The molecule has 7 heteroatoms. The molecule has 0 saturated heterocycles. The highest BCUT2D eigenvalue weighted by Gasteiger charge is 2.00. The second-order valence-electron chi connectivity index (χ2n) is 5.19. The number of hydrogen-bond donors (Lipinski definition) is 2. The number of hydrogen-bond acceptors (Lipinski definition) is 4. The van der Waals surface area contributed by atoms with Crippen molar-refractivity contribution in [3.05, 3.63) is 40.3 Å². The Kier molecular flexibility index (Phi) is 8.32. The summed E-state index contributed by atoms with van der Waals surface area (Å²) in [4.78, 5) is 8.71. The van der Waals surface area contributed by atoms with E-state index >= 15 is 0 Å². The largest absolute Gasteiger partial charge is 0.491 e. The highest BCUT2D eigenvalue weighted by atomic mass is 127. The zero-order chi connectivity index (χ0) is 15.9. The van der Waals surface area contributed by atoms with E-state index in [-0.39, 0.29) is 30.1 Å². The van der Waals surface area contributed by atoms with Crippen LogP contribution in [0.25, 0.3) is 0 Å². The van der Waals surface area contributed by atoms with Gasteiger partial charge in [0.25, 0.3) is 0 Å². The minimum absolute atomic E-state index is 0. The molecule has 0 spiro atoms. The molecule has 2 aromatic rings. The number of guanidine groups is 1. The molecule has 0 saturated carbocycles. The summed E-state index contributed by atoms with van der Waals surface area (Å²) in [6, 6.07) is 7.66. The lowest BCUT2D eigenvalue weighted by Gasteiger charge is -2.10. The van der Waals surface area contributed by atoms with E-state index in [1.165, 1.54) is 0 Å². The third kappa shape index (κ3) is 7.17. The van der Waals surface area contributed by atoms with E-state index in [0.717, 1.165) is 28.6 Å². The van der Waals surface area contributed by atoms with Crippen molar-refractivity contribution in [1.29, 1.82) is 0 Å². The van der Waals surface area contributed by atoms with E-state index in [4.69, 9.17) is 10.5 Å². The molecule has 0 bridgehead atoms. The number of benzene rings is 1. The van der Waals surface area contributed by atoms with Crippen LogP contribution in [-0.2, 0) is 6.42 Å². The van der Waals surface area contributed by atoms with Gasteiger partial charge in [0, 0.05) is 24.0 Å². The van der Waals surface area contributed by atoms with Crippen molar-refractivity contribution < 1.29 is 4.74 Å². The maximum absolute atomic E-state index is 5.88. The average Bonchev–Trinajstić information content (AvgIpc) is 2.86. The van der Waals surface area contributed by atoms with Crippen LogP contribution in [0, 0.1) is 6.92 Å². The molecule has 0 unspecified atom stereocenters. The maximum Gasteiger partial charge on any atom is 0.193 e. The fourth-order valence-electron chi connectivity index (χ4n) is 1.89. The van der Waals surface area contributed by atoms with Gasteiger partial charge in [0.05, 0.1) is 16.8 Å². The van der Waals surface area contributed by atoms with Crippen LogP contribution >= 0.6 is 35.3 Å². The second-order valence-corrected chi connectivity index (χ2v) is 6.25. The molecule has 1 heterocycles. The first-order valence-corrected chi connectivity index (χ1v) is 8.15. The molecule has 23 heavy (non-hydrogen) atoms. The van der Waals surface area contributed by atoms with E-state index in [9.17, 15) is 0 Å². The number of nitrogens with two attached hydrogens (primary N) is 1. The van der Waals surface area contributed by atoms with E-state index in [1.807, 2.05) is 45.0 Å². The van der Waals surface area contributed by atoms with E-state index in [2.05, 4.69) is 20.7 Å². The fraction of sp³-hybridized carbons (Fsp3) is 0.375. The second kappa shape index (κ2) is 9.71. The Hall–Kier alpha value is -1.35. The Bertz CT molecular complexity index is 625. The minimum Gasteiger partial charge on any atom is -0.491 e. The predicted molar refractivity (Wildman–Crippen MR) is 108 cm³/mol. The summed E-state index contributed by atoms with van der Waals surface area (Å²) in [5.41, 5.74) is 7.84. The quantitative estimate of drug-likeness (QED) is 0.402. The summed E-state index contributed by atoms with van der Waals surface area (Å²) in [5.74, 6) is 1.25. The Balaban J connectivity index is 0.00000264. The van der Waals surface area contributed by atoms with Gasteiger partial charge in [0.2, 0.25) is 0 Å². The first-order valence-electron chi connectivity index (χ1n) is 7.27. The molecular weight excluding hydrogens is 423 g/mol. The number of rotatable bonds is 6. The standard InChI is InChI=1S/C16H22N4OS.HI/c1-11(2)21-15-6-4-13(5-7-15)20-16(17)18-9-8-14-10-22-12(3)19-14;/h4-7,10-11H,8-9H2,1-3H3,(H3,17,18,20);1H. The number of thiazole rings is 1. The predicted octanol–water partition coefficient (Wildman–Crippen LogP) is 3.83. The first-order chi connectivity index (χ1) is 10.5. The van der Waals surface area contributed by atoms with Crippen LogP contribution in [0.3, 0.4) is 0 Å². The van der Waals surface area contributed by atoms with Gasteiger partial charge in [-0.2, -0.15) is 0 Å². The van der Waals surface area contributed by atoms with Gasteiger partial charge in [-0.1, -0.05) is 0 Å². The monoisotopic (exact) mass is 446 g/mol. The van der Waals surface area contributed by atoms with Gasteiger partial charge in [0.15, 0.2) is 5.96 Å². The number of halogens is 1. The number of aryl methyl sites for hydroxylation is 1. The van der Waals surface area contributed by atoms with Crippen molar-refractivity contribution in [2.24, 2.45) is 10.7 Å².